The van der Waals surface area contributed by atoms with Crippen molar-refractivity contribution in [1.82, 2.24) is 4.98 Å². The number of benzene rings is 2. The molecule has 3 rings (SSSR count). The van der Waals surface area contributed by atoms with E-state index < -0.39 is 0 Å². The summed E-state index contributed by atoms with van der Waals surface area (Å²) in [5, 5.41) is 4.06. The molecule has 0 aliphatic heterocycles. The Balaban J connectivity index is 1.50. The van der Waals surface area contributed by atoms with Crippen LogP contribution in [0.15, 0.2) is 53.4 Å². The highest BCUT2D eigenvalue weighted by molar-refractivity contribution is 7.98. The molecule has 1 heterocycles. The van der Waals surface area contributed by atoms with Gasteiger partial charge in [-0.15, -0.1) is 23.1 Å². The summed E-state index contributed by atoms with van der Waals surface area (Å²) in [4.78, 5) is 17.8. The summed E-state index contributed by atoms with van der Waals surface area (Å²) in [5.74, 6) is 0.0596. The molecule has 5 heteroatoms. The van der Waals surface area contributed by atoms with E-state index in [-0.39, 0.29) is 5.91 Å². The monoisotopic (exact) mass is 342 g/mol. The van der Waals surface area contributed by atoms with Gasteiger partial charge in [0.15, 0.2) is 0 Å². The van der Waals surface area contributed by atoms with Gasteiger partial charge in [-0.1, -0.05) is 18.2 Å². The van der Waals surface area contributed by atoms with Crippen molar-refractivity contribution in [2.75, 3.05) is 11.6 Å². The van der Waals surface area contributed by atoms with Crippen molar-refractivity contribution in [3.63, 3.8) is 0 Å². The Kier molecular flexibility index (Phi) is 5.31. The Labute approximate surface area is 144 Å². The van der Waals surface area contributed by atoms with Crippen molar-refractivity contribution in [3.05, 3.63) is 53.5 Å². The van der Waals surface area contributed by atoms with Crippen LogP contribution in [-0.2, 0) is 11.2 Å². The molecule has 0 saturated heterocycles. The quantitative estimate of drug-likeness (QED) is 0.642. The fraction of sp³-hybridized carbons (Fsp3) is 0.222. The zero-order valence-electron chi connectivity index (χ0n) is 12.9. The molecule has 3 aromatic rings. The number of hydrogen-bond donors (Lipinski definition) is 1. The van der Waals surface area contributed by atoms with Crippen LogP contribution in [0.4, 0.5) is 5.69 Å². The van der Waals surface area contributed by atoms with Gasteiger partial charge in [0, 0.05) is 17.0 Å². The van der Waals surface area contributed by atoms with Crippen LogP contribution in [0.2, 0.25) is 0 Å². The van der Waals surface area contributed by atoms with Crippen molar-refractivity contribution in [2.24, 2.45) is 0 Å². The Morgan fingerprint density at radius 1 is 1.22 bits per heavy atom. The van der Waals surface area contributed by atoms with Gasteiger partial charge in [-0.25, -0.2) is 4.98 Å². The van der Waals surface area contributed by atoms with Gasteiger partial charge in [-0.2, -0.15) is 0 Å². The molecular formula is C18H18N2OS2. The molecule has 0 bridgehead atoms. The second-order valence-corrected chi connectivity index (χ2v) is 7.20. The smallest absolute Gasteiger partial charge is 0.224 e. The lowest BCUT2D eigenvalue weighted by molar-refractivity contribution is -0.116. The van der Waals surface area contributed by atoms with Gasteiger partial charge in [0.25, 0.3) is 0 Å². The van der Waals surface area contributed by atoms with E-state index in [2.05, 4.69) is 16.4 Å². The molecule has 3 nitrogen and oxygen atoms in total. The maximum absolute atomic E-state index is 12.0. The fourth-order valence-corrected chi connectivity index (χ4v) is 3.82. The minimum atomic E-state index is 0.0596. The molecule has 0 atom stereocenters. The zero-order chi connectivity index (χ0) is 16.1. The summed E-state index contributed by atoms with van der Waals surface area (Å²) in [7, 11) is 0. The fourth-order valence-electron chi connectivity index (χ4n) is 2.35. The molecular weight excluding hydrogens is 324 g/mol. The number of hydrogen-bond acceptors (Lipinski definition) is 4. The average Bonchev–Trinajstić information content (AvgIpc) is 2.97. The van der Waals surface area contributed by atoms with Crippen LogP contribution in [-0.4, -0.2) is 17.1 Å². The first-order valence-corrected chi connectivity index (χ1v) is 9.57. The molecule has 23 heavy (non-hydrogen) atoms. The molecule has 118 valence electrons. The molecule has 0 aliphatic carbocycles. The van der Waals surface area contributed by atoms with Crippen LogP contribution in [0.5, 0.6) is 0 Å². The van der Waals surface area contributed by atoms with E-state index >= 15 is 0 Å². The van der Waals surface area contributed by atoms with Crippen molar-refractivity contribution in [2.45, 2.75) is 24.2 Å². The predicted molar refractivity (Wildman–Crippen MR) is 99.4 cm³/mol. The molecule has 0 fully saturated rings. The maximum Gasteiger partial charge on any atom is 0.224 e. The number of aromatic nitrogens is 1. The summed E-state index contributed by atoms with van der Waals surface area (Å²) < 4.78 is 1.21. The first-order valence-electron chi connectivity index (χ1n) is 7.53. The number of anilines is 1. The third-order valence-corrected chi connectivity index (χ3v) is 5.31. The lowest BCUT2D eigenvalue weighted by atomic mass is 10.2. The van der Waals surface area contributed by atoms with Crippen LogP contribution in [0.1, 0.15) is 17.8 Å². The van der Waals surface area contributed by atoms with Gasteiger partial charge in [-0.05, 0) is 49.4 Å². The first-order chi connectivity index (χ1) is 11.2. The van der Waals surface area contributed by atoms with Crippen molar-refractivity contribution in [1.29, 1.82) is 0 Å². The van der Waals surface area contributed by atoms with Crippen molar-refractivity contribution < 1.29 is 4.79 Å². The third kappa shape index (κ3) is 4.33. The molecule has 0 radical (unpaired) electrons. The number of fused-ring (bicyclic) bond motifs is 1. The van der Waals surface area contributed by atoms with E-state index in [9.17, 15) is 4.79 Å². The molecule has 1 aromatic heterocycles. The van der Waals surface area contributed by atoms with Gasteiger partial charge in [-0.3, -0.25) is 4.79 Å². The van der Waals surface area contributed by atoms with Gasteiger partial charge in [0.2, 0.25) is 5.91 Å². The van der Waals surface area contributed by atoms with E-state index in [1.807, 2.05) is 48.7 Å². The topological polar surface area (TPSA) is 42.0 Å². The molecule has 2 aromatic carbocycles. The van der Waals surface area contributed by atoms with Crippen LogP contribution in [0, 0.1) is 0 Å². The minimum absolute atomic E-state index is 0.0596. The summed E-state index contributed by atoms with van der Waals surface area (Å²) in [5.41, 5.74) is 1.91. The number of rotatable bonds is 6. The lowest BCUT2D eigenvalue weighted by Gasteiger charge is -2.06. The highest BCUT2D eigenvalue weighted by Crippen LogP contribution is 2.23. The zero-order valence-corrected chi connectivity index (χ0v) is 14.5. The summed E-state index contributed by atoms with van der Waals surface area (Å²) in [6.07, 6.45) is 4.20. The normalized spacial score (nSPS) is 10.8. The third-order valence-electron chi connectivity index (χ3n) is 3.49. The van der Waals surface area contributed by atoms with Gasteiger partial charge in [0.05, 0.1) is 15.2 Å². The number of aryl methyl sites for hydroxylation is 1. The lowest BCUT2D eigenvalue weighted by Crippen LogP contribution is -2.11. The SMILES string of the molecule is CSc1cccc(NC(=O)CCCc2nc3ccccc3s2)c1. The molecule has 0 saturated carbocycles. The molecule has 1 N–H and O–H groups in total. The Bertz CT molecular complexity index is 780. The number of nitrogens with zero attached hydrogens (tertiary/aromatic N) is 1. The second-order valence-electron chi connectivity index (χ2n) is 5.21. The summed E-state index contributed by atoms with van der Waals surface area (Å²) in [6, 6.07) is 16.1. The largest absolute Gasteiger partial charge is 0.326 e. The van der Waals surface area contributed by atoms with Crippen molar-refractivity contribution >= 4 is 44.9 Å². The van der Waals surface area contributed by atoms with Crippen LogP contribution >= 0.6 is 23.1 Å². The summed E-state index contributed by atoms with van der Waals surface area (Å²) >= 11 is 3.38. The highest BCUT2D eigenvalue weighted by atomic mass is 32.2. The number of carbonyl (C=O) groups excluding carboxylic acids is 1. The summed E-state index contributed by atoms with van der Waals surface area (Å²) in [6.45, 7) is 0. The average molecular weight is 342 g/mol. The van der Waals surface area contributed by atoms with E-state index in [1.54, 1.807) is 23.1 Å². The number of thiazole rings is 1. The number of thioether (sulfide) groups is 1. The van der Waals surface area contributed by atoms with E-state index in [0.29, 0.717) is 6.42 Å². The number of para-hydroxylation sites is 1. The Morgan fingerprint density at radius 2 is 2.09 bits per heavy atom. The number of nitrogens with one attached hydrogen (secondary N) is 1. The number of carbonyl (C=O) groups is 1. The van der Waals surface area contributed by atoms with Crippen LogP contribution in [0.3, 0.4) is 0 Å². The van der Waals surface area contributed by atoms with Crippen LogP contribution < -0.4 is 5.32 Å². The maximum atomic E-state index is 12.0. The molecule has 0 spiro atoms. The van der Waals surface area contributed by atoms with Gasteiger partial charge in [0.1, 0.15) is 0 Å². The Hall–Kier alpha value is -1.85. The van der Waals surface area contributed by atoms with Gasteiger partial charge < -0.3 is 5.32 Å². The molecule has 0 aliphatic rings. The van der Waals surface area contributed by atoms with Crippen LogP contribution in [0.25, 0.3) is 10.2 Å². The van der Waals surface area contributed by atoms with E-state index in [4.69, 9.17) is 0 Å². The number of amides is 1. The van der Waals surface area contributed by atoms with E-state index in [0.717, 1.165) is 33.9 Å². The first kappa shape index (κ1) is 16.0. The predicted octanol–water partition coefficient (Wildman–Crippen LogP) is 4.98. The minimum Gasteiger partial charge on any atom is -0.326 e. The van der Waals surface area contributed by atoms with Gasteiger partial charge >= 0.3 is 0 Å². The van der Waals surface area contributed by atoms with E-state index in [1.165, 1.54) is 4.70 Å². The molecule has 0 unspecified atom stereocenters. The Morgan fingerprint density at radius 3 is 2.91 bits per heavy atom. The highest BCUT2D eigenvalue weighted by Gasteiger charge is 2.06. The second kappa shape index (κ2) is 7.62. The molecule has 1 amide bonds. The standard InChI is InChI=1S/C18H18N2OS2/c1-22-14-7-4-6-13(12-14)19-17(21)10-5-11-18-20-15-8-2-3-9-16(15)23-18/h2-4,6-9,12H,5,10-11H2,1H3,(H,19,21). The van der Waals surface area contributed by atoms with Crippen molar-refractivity contribution in [3.8, 4) is 0 Å².